The molecule has 0 bridgehead atoms. The third-order valence-corrected chi connectivity index (χ3v) is 3.12. The van der Waals surface area contributed by atoms with Crippen LogP contribution in [0.25, 0.3) is 0 Å². The highest BCUT2D eigenvalue weighted by atomic mass is 16.6. The molecule has 0 fully saturated rings. The van der Waals surface area contributed by atoms with Gasteiger partial charge in [0.05, 0.1) is 6.61 Å². The molecule has 0 saturated carbocycles. The van der Waals surface area contributed by atoms with E-state index in [0.717, 1.165) is 5.56 Å². The van der Waals surface area contributed by atoms with Gasteiger partial charge in [-0.1, -0.05) is 30.3 Å². The van der Waals surface area contributed by atoms with Gasteiger partial charge in [-0.25, -0.2) is 4.79 Å². The van der Waals surface area contributed by atoms with Crippen molar-refractivity contribution in [1.82, 2.24) is 0 Å². The van der Waals surface area contributed by atoms with Gasteiger partial charge >= 0.3 is 5.97 Å². The lowest BCUT2D eigenvalue weighted by Crippen LogP contribution is -2.15. The van der Waals surface area contributed by atoms with Crippen LogP contribution in [0.5, 0.6) is 5.75 Å². The van der Waals surface area contributed by atoms with E-state index < -0.39 is 5.97 Å². The molecule has 4 heteroatoms. The Morgan fingerprint density at radius 1 is 1.00 bits per heavy atom. The molecule has 0 heterocycles. The number of ketones is 1. The molecule has 0 spiro atoms. The van der Waals surface area contributed by atoms with Crippen LogP contribution >= 0.6 is 0 Å². The number of esters is 1. The van der Waals surface area contributed by atoms with E-state index in [0.29, 0.717) is 23.5 Å². The summed E-state index contributed by atoms with van der Waals surface area (Å²) in [7, 11) is 0. The molecule has 0 amide bonds. The zero-order chi connectivity index (χ0) is 15.9. The molecule has 2 aromatic carbocycles. The maximum Gasteiger partial charge on any atom is 0.344 e. The van der Waals surface area contributed by atoms with E-state index in [1.54, 1.807) is 37.3 Å². The molecule has 0 aliphatic heterocycles. The average molecular weight is 298 g/mol. The van der Waals surface area contributed by atoms with E-state index in [4.69, 9.17) is 9.47 Å². The number of carbonyl (C=O) groups is 2. The smallest absolute Gasteiger partial charge is 0.344 e. The highest BCUT2D eigenvalue weighted by Gasteiger charge is 2.11. The van der Waals surface area contributed by atoms with Crippen molar-refractivity contribution in [3.05, 3.63) is 65.2 Å². The lowest BCUT2D eigenvalue weighted by molar-refractivity contribution is -0.145. The van der Waals surface area contributed by atoms with E-state index in [2.05, 4.69) is 0 Å². The maximum atomic E-state index is 12.3. The van der Waals surface area contributed by atoms with Crippen molar-refractivity contribution in [3.8, 4) is 5.75 Å². The summed E-state index contributed by atoms with van der Waals surface area (Å²) in [4.78, 5) is 23.6. The molecule has 0 radical (unpaired) electrons. The van der Waals surface area contributed by atoms with Crippen molar-refractivity contribution in [1.29, 1.82) is 0 Å². The van der Waals surface area contributed by atoms with Crippen LogP contribution in [0.4, 0.5) is 0 Å². The number of rotatable bonds is 6. The van der Waals surface area contributed by atoms with Crippen molar-refractivity contribution in [2.45, 2.75) is 13.8 Å². The van der Waals surface area contributed by atoms with E-state index in [1.807, 2.05) is 25.1 Å². The standard InChI is InChI=1S/C18H18O4/c1-3-21-17(19)12-22-16-10-9-15(11-13(16)2)18(20)14-7-5-4-6-8-14/h4-11H,3,12H2,1-2H3. The molecule has 0 unspecified atom stereocenters. The third-order valence-electron chi connectivity index (χ3n) is 3.12. The lowest BCUT2D eigenvalue weighted by Gasteiger charge is -2.10. The van der Waals surface area contributed by atoms with Gasteiger partial charge in [-0.2, -0.15) is 0 Å². The van der Waals surface area contributed by atoms with Crippen molar-refractivity contribution in [3.63, 3.8) is 0 Å². The quantitative estimate of drug-likeness (QED) is 0.607. The first kappa shape index (κ1) is 15.8. The Bertz CT molecular complexity index is 662. The van der Waals surface area contributed by atoms with Gasteiger partial charge in [-0.05, 0) is 37.6 Å². The van der Waals surface area contributed by atoms with Crippen LogP contribution in [0.15, 0.2) is 48.5 Å². The SMILES string of the molecule is CCOC(=O)COc1ccc(C(=O)c2ccccc2)cc1C. The molecule has 0 saturated heterocycles. The Morgan fingerprint density at radius 2 is 1.73 bits per heavy atom. The first-order valence-electron chi connectivity index (χ1n) is 7.10. The fraction of sp³-hybridized carbons (Fsp3) is 0.222. The fourth-order valence-electron chi connectivity index (χ4n) is 2.05. The number of hydrogen-bond acceptors (Lipinski definition) is 4. The Kier molecular flexibility index (Phi) is 5.31. The predicted molar refractivity (Wildman–Crippen MR) is 83.2 cm³/mol. The topological polar surface area (TPSA) is 52.6 Å². The second kappa shape index (κ2) is 7.41. The molecule has 0 aliphatic rings. The number of ether oxygens (including phenoxy) is 2. The number of aryl methyl sites for hydroxylation is 1. The molecule has 0 N–H and O–H groups in total. The summed E-state index contributed by atoms with van der Waals surface area (Å²) < 4.78 is 10.2. The molecule has 4 nitrogen and oxygen atoms in total. The summed E-state index contributed by atoms with van der Waals surface area (Å²) in [5, 5.41) is 0. The number of benzene rings is 2. The highest BCUT2D eigenvalue weighted by Crippen LogP contribution is 2.21. The van der Waals surface area contributed by atoms with Gasteiger partial charge in [0.1, 0.15) is 5.75 Å². The molecule has 0 atom stereocenters. The van der Waals surface area contributed by atoms with Crippen LogP contribution in [0, 0.1) is 6.92 Å². The summed E-state index contributed by atoms with van der Waals surface area (Å²) >= 11 is 0. The van der Waals surface area contributed by atoms with Gasteiger partial charge < -0.3 is 9.47 Å². The van der Waals surface area contributed by atoms with Crippen LogP contribution in [0.3, 0.4) is 0 Å². The first-order valence-corrected chi connectivity index (χ1v) is 7.10. The van der Waals surface area contributed by atoms with E-state index in [9.17, 15) is 9.59 Å². The summed E-state index contributed by atoms with van der Waals surface area (Å²) in [6.07, 6.45) is 0. The van der Waals surface area contributed by atoms with Gasteiger partial charge in [-0.3, -0.25) is 4.79 Å². The van der Waals surface area contributed by atoms with Crippen LogP contribution in [0.2, 0.25) is 0 Å². The van der Waals surface area contributed by atoms with E-state index >= 15 is 0 Å². The van der Waals surface area contributed by atoms with Crippen LogP contribution in [-0.4, -0.2) is 25.0 Å². The molecule has 2 rings (SSSR count). The lowest BCUT2D eigenvalue weighted by atomic mass is 10.0. The summed E-state index contributed by atoms with van der Waals surface area (Å²) in [5.41, 5.74) is 2.03. The zero-order valence-electron chi connectivity index (χ0n) is 12.7. The van der Waals surface area contributed by atoms with Crippen molar-refractivity contribution in [2.75, 3.05) is 13.2 Å². The second-order valence-electron chi connectivity index (χ2n) is 4.77. The van der Waals surface area contributed by atoms with Crippen LogP contribution < -0.4 is 4.74 Å². The average Bonchev–Trinajstić information content (AvgIpc) is 2.54. The maximum absolute atomic E-state index is 12.3. The Labute approximate surface area is 129 Å². The Balaban J connectivity index is 2.09. The second-order valence-corrected chi connectivity index (χ2v) is 4.77. The minimum atomic E-state index is -0.411. The van der Waals surface area contributed by atoms with Crippen molar-refractivity contribution in [2.24, 2.45) is 0 Å². The van der Waals surface area contributed by atoms with Gasteiger partial charge in [0.15, 0.2) is 12.4 Å². The minimum absolute atomic E-state index is 0.0411. The fourth-order valence-corrected chi connectivity index (χ4v) is 2.05. The molecule has 0 aliphatic carbocycles. The Hall–Kier alpha value is -2.62. The summed E-state index contributed by atoms with van der Waals surface area (Å²) in [5.74, 6) is 0.115. The third kappa shape index (κ3) is 3.95. The largest absolute Gasteiger partial charge is 0.482 e. The first-order chi connectivity index (χ1) is 10.6. The van der Waals surface area contributed by atoms with Crippen LogP contribution in [-0.2, 0) is 9.53 Å². The van der Waals surface area contributed by atoms with Crippen molar-refractivity contribution < 1.29 is 19.1 Å². The summed E-state index contributed by atoms with van der Waals surface area (Å²) in [6, 6.07) is 14.2. The molecular weight excluding hydrogens is 280 g/mol. The zero-order valence-corrected chi connectivity index (χ0v) is 12.7. The van der Waals surface area contributed by atoms with E-state index in [-0.39, 0.29) is 12.4 Å². The molecule has 2 aromatic rings. The number of carbonyl (C=O) groups excluding carboxylic acids is 2. The van der Waals surface area contributed by atoms with Crippen LogP contribution in [0.1, 0.15) is 28.4 Å². The monoisotopic (exact) mass is 298 g/mol. The number of hydrogen-bond donors (Lipinski definition) is 0. The molecule has 0 aromatic heterocycles. The summed E-state index contributed by atoms with van der Waals surface area (Å²) in [6.45, 7) is 3.77. The van der Waals surface area contributed by atoms with Gasteiger partial charge in [0.2, 0.25) is 0 Å². The Morgan fingerprint density at radius 3 is 2.36 bits per heavy atom. The van der Waals surface area contributed by atoms with Gasteiger partial charge in [-0.15, -0.1) is 0 Å². The molecular formula is C18H18O4. The van der Waals surface area contributed by atoms with E-state index in [1.165, 1.54) is 0 Å². The van der Waals surface area contributed by atoms with Gasteiger partial charge in [0, 0.05) is 11.1 Å². The normalized spacial score (nSPS) is 10.1. The highest BCUT2D eigenvalue weighted by molar-refractivity contribution is 6.09. The molecule has 22 heavy (non-hydrogen) atoms. The molecule has 114 valence electrons. The van der Waals surface area contributed by atoms with Crippen molar-refractivity contribution >= 4 is 11.8 Å². The van der Waals surface area contributed by atoms with Gasteiger partial charge in [0.25, 0.3) is 0 Å². The predicted octanol–water partition coefficient (Wildman–Crippen LogP) is 3.17. The minimum Gasteiger partial charge on any atom is -0.482 e.